The third kappa shape index (κ3) is 7.35. The van der Waals surface area contributed by atoms with Crippen molar-refractivity contribution in [2.75, 3.05) is 6.61 Å². The van der Waals surface area contributed by atoms with E-state index < -0.39 is 0 Å². The summed E-state index contributed by atoms with van der Waals surface area (Å²) in [5.41, 5.74) is 0. The summed E-state index contributed by atoms with van der Waals surface area (Å²) in [6.45, 7) is 4.47. The Kier molecular flexibility index (Phi) is 9.45. The van der Waals surface area contributed by atoms with Crippen LogP contribution in [0.15, 0.2) is 9.66 Å². The fourth-order valence-electron chi connectivity index (χ4n) is 1.08. The number of unbranched alkanes of at least 4 members (excludes halogenated alkanes) is 4. The number of carbonyl (C=O) groups excluding carboxylic acids is 1. The van der Waals surface area contributed by atoms with Crippen LogP contribution in [0.4, 0.5) is 0 Å². The van der Waals surface area contributed by atoms with E-state index in [0.717, 1.165) is 6.42 Å². The molecular formula is C11H19IO2. The van der Waals surface area contributed by atoms with Gasteiger partial charge in [-0.15, -0.1) is 0 Å². The normalized spacial score (nSPS) is 11.5. The van der Waals surface area contributed by atoms with Crippen molar-refractivity contribution in [1.82, 2.24) is 0 Å². The smallest absolute Gasteiger partial charge is 0.344 e. The molecule has 0 unspecified atom stereocenters. The minimum Gasteiger partial charge on any atom is -0.462 e. The van der Waals surface area contributed by atoms with Gasteiger partial charge in [0.1, 0.15) is 0 Å². The van der Waals surface area contributed by atoms with E-state index in [9.17, 15) is 4.79 Å². The van der Waals surface area contributed by atoms with Gasteiger partial charge in [0.2, 0.25) is 0 Å². The summed E-state index contributed by atoms with van der Waals surface area (Å²) in [5.74, 6) is -0.191. The fraction of sp³-hybridized carbons (Fsp3) is 0.727. The highest BCUT2D eigenvalue weighted by Gasteiger charge is 2.04. The summed E-state index contributed by atoms with van der Waals surface area (Å²) < 4.78 is 5.58. The van der Waals surface area contributed by atoms with Gasteiger partial charge in [-0.25, -0.2) is 4.79 Å². The maximum atomic E-state index is 11.2. The zero-order valence-corrected chi connectivity index (χ0v) is 11.2. The van der Waals surface area contributed by atoms with Gasteiger partial charge in [-0.1, -0.05) is 32.3 Å². The van der Waals surface area contributed by atoms with Crippen LogP contribution in [0.3, 0.4) is 0 Å². The second-order valence-electron chi connectivity index (χ2n) is 3.12. The van der Waals surface area contributed by atoms with E-state index in [1.54, 1.807) is 0 Å². The summed E-state index contributed by atoms with van der Waals surface area (Å²) >= 11 is 2.04. The molecule has 3 heteroatoms. The van der Waals surface area contributed by atoms with Crippen LogP contribution >= 0.6 is 22.6 Å². The highest BCUT2D eigenvalue weighted by Crippen LogP contribution is 2.12. The molecule has 82 valence electrons. The summed E-state index contributed by atoms with van der Waals surface area (Å²) in [6.07, 6.45) is 7.90. The highest BCUT2D eigenvalue weighted by molar-refractivity contribution is 14.1. The molecule has 2 nitrogen and oxygen atoms in total. The molecule has 0 radical (unpaired) electrons. The number of ether oxygens (including phenoxy) is 1. The molecule has 0 aromatic rings. The Labute approximate surface area is 100 Å². The van der Waals surface area contributed by atoms with Gasteiger partial charge < -0.3 is 4.74 Å². The molecule has 0 aromatic heterocycles. The van der Waals surface area contributed by atoms with E-state index in [2.05, 4.69) is 6.92 Å². The molecule has 0 aliphatic rings. The number of halogens is 1. The van der Waals surface area contributed by atoms with Gasteiger partial charge in [-0.2, -0.15) is 0 Å². The van der Waals surface area contributed by atoms with E-state index in [-0.39, 0.29) is 5.97 Å². The van der Waals surface area contributed by atoms with Crippen molar-refractivity contribution in [2.24, 2.45) is 0 Å². The first-order valence-electron chi connectivity index (χ1n) is 5.25. The van der Waals surface area contributed by atoms with Gasteiger partial charge in [0.05, 0.1) is 10.2 Å². The Balaban J connectivity index is 3.60. The Morgan fingerprint density at radius 3 is 2.57 bits per heavy atom. The van der Waals surface area contributed by atoms with Crippen LogP contribution in [-0.2, 0) is 9.53 Å². The van der Waals surface area contributed by atoms with Crippen molar-refractivity contribution < 1.29 is 9.53 Å². The molecule has 0 spiro atoms. The van der Waals surface area contributed by atoms with Gasteiger partial charge in [0.15, 0.2) is 0 Å². The molecule has 0 bridgehead atoms. The average Bonchev–Trinajstić information content (AvgIpc) is 2.17. The Bertz CT molecular complexity index is 188. The molecule has 0 atom stereocenters. The molecule has 0 rings (SSSR count). The molecule has 0 aliphatic heterocycles. The van der Waals surface area contributed by atoms with E-state index in [0.29, 0.717) is 10.2 Å². The minimum absolute atomic E-state index is 0.191. The Hall–Kier alpha value is -0.0600. The molecule has 0 N–H and O–H groups in total. The number of hydrogen-bond acceptors (Lipinski definition) is 2. The van der Waals surface area contributed by atoms with E-state index in [4.69, 9.17) is 4.74 Å². The maximum Gasteiger partial charge on any atom is 0.344 e. The topological polar surface area (TPSA) is 26.3 Å². The quantitative estimate of drug-likeness (QED) is 0.309. The van der Waals surface area contributed by atoms with E-state index >= 15 is 0 Å². The van der Waals surface area contributed by atoms with Crippen LogP contribution < -0.4 is 0 Å². The van der Waals surface area contributed by atoms with E-state index in [1.807, 2.05) is 35.6 Å². The molecular weight excluding hydrogens is 291 g/mol. The number of esters is 1. The first-order chi connectivity index (χ1) is 6.72. The average molecular weight is 310 g/mol. The largest absolute Gasteiger partial charge is 0.462 e. The Morgan fingerprint density at radius 1 is 1.29 bits per heavy atom. The second kappa shape index (κ2) is 9.49. The fourth-order valence-corrected chi connectivity index (χ4v) is 1.55. The van der Waals surface area contributed by atoms with E-state index in [1.165, 1.54) is 25.7 Å². The zero-order chi connectivity index (χ0) is 10.8. The van der Waals surface area contributed by atoms with Crippen LogP contribution in [0.5, 0.6) is 0 Å². The standard InChI is InChI=1S/C11H19IO2/c1-3-5-6-7-8-9-10(12)11(13)14-4-2/h9H,3-8H2,1-2H3/b10-9-. The lowest BCUT2D eigenvalue weighted by molar-refractivity contribution is -0.137. The molecule has 0 fully saturated rings. The summed E-state index contributed by atoms with van der Waals surface area (Å²) in [6, 6.07) is 0. The molecule has 0 aliphatic carbocycles. The van der Waals surface area contributed by atoms with Gasteiger partial charge in [-0.05, 0) is 42.4 Å². The molecule has 14 heavy (non-hydrogen) atoms. The number of allylic oxidation sites excluding steroid dienone is 1. The van der Waals surface area contributed by atoms with Crippen LogP contribution in [0.25, 0.3) is 0 Å². The number of carbonyl (C=O) groups is 1. The van der Waals surface area contributed by atoms with Crippen molar-refractivity contribution >= 4 is 28.6 Å². The predicted molar refractivity (Wildman–Crippen MR) is 67.5 cm³/mol. The SMILES string of the molecule is CCCCCC/C=C(\I)C(=O)OCC. The lowest BCUT2D eigenvalue weighted by atomic mass is 10.1. The number of hydrogen-bond donors (Lipinski definition) is 0. The maximum absolute atomic E-state index is 11.2. The van der Waals surface area contributed by atoms with Gasteiger partial charge >= 0.3 is 5.97 Å². The van der Waals surface area contributed by atoms with Crippen molar-refractivity contribution in [3.8, 4) is 0 Å². The molecule has 0 heterocycles. The first kappa shape index (κ1) is 13.9. The van der Waals surface area contributed by atoms with Crippen LogP contribution in [0.2, 0.25) is 0 Å². The van der Waals surface area contributed by atoms with Crippen molar-refractivity contribution in [3.05, 3.63) is 9.66 Å². The van der Waals surface area contributed by atoms with Crippen molar-refractivity contribution in [1.29, 1.82) is 0 Å². The lowest BCUT2D eigenvalue weighted by Gasteiger charge is -2.00. The third-order valence-corrected chi connectivity index (χ3v) is 2.73. The van der Waals surface area contributed by atoms with Crippen molar-refractivity contribution in [3.63, 3.8) is 0 Å². The molecule has 0 amide bonds. The molecule has 0 saturated carbocycles. The monoisotopic (exact) mass is 310 g/mol. The van der Waals surface area contributed by atoms with Gasteiger partial charge in [0, 0.05) is 0 Å². The van der Waals surface area contributed by atoms with Crippen LogP contribution in [0.1, 0.15) is 46.0 Å². The van der Waals surface area contributed by atoms with Gasteiger partial charge in [0.25, 0.3) is 0 Å². The summed E-state index contributed by atoms with van der Waals surface area (Å²) in [4.78, 5) is 11.2. The van der Waals surface area contributed by atoms with Crippen LogP contribution in [-0.4, -0.2) is 12.6 Å². The lowest BCUT2D eigenvalue weighted by Crippen LogP contribution is -2.02. The first-order valence-corrected chi connectivity index (χ1v) is 6.33. The summed E-state index contributed by atoms with van der Waals surface area (Å²) in [7, 11) is 0. The molecule has 0 saturated heterocycles. The van der Waals surface area contributed by atoms with Crippen LogP contribution in [0, 0.1) is 0 Å². The van der Waals surface area contributed by atoms with Crippen molar-refractivity contribution in [2.45, 2.75) is 46.0 Å². The molecule has 0 aromatic carbocycles. The third-order valence-electron chi connectivity index (χ3n) is 1.85. The highest BCUT2D eigenvalue weighted by atomic mass is 127. The summed E-state index contributed by atoms with van der Waals surface area (Å²) in [5, 5.41) is 0. The minimum atomic E-state index is -0.191. The second-order valence-corrected chi connectivity index (χ2v) is 4.28. The van der Waals surface area contributed by atoms with Gasteiger partial charge in [-0.3, -0.25) is 0 Å². The number of rotatable bonds is 7. The predicted octanol–water partition coefficient (Wildman–Crippen LogP) is 3.84. The zero-order valence-electron chi connectivity index (χ0n) is 9.01. The Morgan fingerprint density at radius 2 is 2.00 bits per heavy atom.